The molecule has 0 aromatic heterocycles. The monoisotopic (exact) mass is 218 g/mol. The van der Waals surface area contributed by atoms with E-state index in [2.05, 4.69) is 10.6 Å². The van der Waals surface area contributed by atoms with Crippen molar-refractivity contribution >= 4 is 11.7 Å². The van der Waals surface area contributed by atoms with Crippen LogP contribution in [0.25, 0.3) is 0 Å². The fraction of sp³-hybridized carbons (Fsp3) is 0.417. The molecule has 3 rings (SSSR count). The minimum absolute atomic E-state index is 0.284. The second kappa shape index (κ2) is 3.49. The fourth-order valence-electron chi connectivity index (χ4n) is 2.80. The van der Waals surface area contributed by atoms with Gasteiger partial charge < -0.3 is 20.5 Å². The SMILES string of the molecule is O=C([O-])c1ccc2c(c1)[C@H]1C[NH2+]CC[C@@H]1N2. The van der Waals surface area contributed by atoms with E-state index >= 15 is 0 Å². The minimum Gasteiger partial charge on any atom is -0.545 e. The van der Waals surface area contributed by atoms with Gasteiger partial charge in [-0.3, -0.25) is 0 Å². The molecule has 0 aliphatic carbocycles. The van der Waals surface area contributed by atoms with Crippen LogP contribution in [0.2, 0.25) is 0 Å². The van der Waals surface area contributed by atoms with E-state index < -0.39 is 5.97 Å². The van der Waals surface area contributed by atoms with Crippen LogP contribution in [0.4, 0.5) is 5.69 Å². The van der Waals surface area contributed by atoms with Crippen LogP contribution in [-0.2, 0) is 0 Å². The number of hydrogen-bond acceptors (Lipinski definition) is 3. The van der Waals surface area contributed by atoms with Gasteiger partial charge in [0.05, 0.1) is 25.0 Å². The molecule has 84 valence electrons. The van der Waals surface area contributed by atoms with Gasteiger partial charge in [0, 0.05) is 18.2 Å². The van der Waals surface area contributed by atoms with Gasteiger partial charge >= 0.3 is 0 Å². The van der Waals surface area contributed by atoms with E-state index in [-0.39, 0.29) is 5.56 Å². The molecular weight excluding hydrogens is 204 g/mol. The molecule has 0 spiro atoms. The Labute approximate surface area is 93.7 Å². The fourth-order valence-corrected chi connectivity index (χ4v) is 2.80. The van der Waals surface area contributed by atoms with Gasteiger partial charge in [-0.05, 0) is 23.3 Å². The van der Waals surface area contributed by atoms with Gasteiger partial charge in [0.1, 0.15) is 0 Å². The van der Waals surface area contributed by atoms with Gasteiger partial charge in [-0.2, -0.15) is 0 Å². The molecule has 4 heteroatoms. The molecule has 0 amide bonds. The van der Waals surface area contributed by atoms with E-state index in [1.54, 1.807) is 12.1 Å². The molecule has 4 nitrogen and oxygen atoms in total. The van der Waals surface area contributed by atoms with E-state index in [4.69, 9.17) is 0 Å². The van der Waals surface area contributed by atoms with Crippen LogP contribution >= 0.6 is 0 Å². The van der Waals surface area contributed by atoms with Crippen molar-refractivity contribution in [2.75, 3.05) is 18.4 Å². The van der Waals surface area contributed by atoms with Crippen molar-refractivity contribution in [3.63, 3.8) is 0 Å². The van der Waals surface area contributed by atoms with Gasteiger partial charge in [-0.1, -0.05) is 6.07 Å². The van der Waals surface area contributed by atoms with Gasteiger partial charge in [-0.25, -0.2) is 0 Å². The molecule has 2 heterocycles. The standard InChI is InChI=1S/C12H14N2O2/c15-12(16)7-1-2-10-8(5-7)9-6-13-4-3-11(9)14-10/h1-2,5,9,11,13-14H,3-4,6H2,(H,15,16)/t9-,11+/m1/s1. The van der Waals surface area contributed by atoms with Crippen LogP contribution in [0.3, 0.4) is 0 Å². The number of hydrogen-bond donors (Lipinski definition) is 2. The van der Waals surface area contributed by atoms with E-state index in [1.165, 1.54) is 0 Å². The van der Waals surface area contributed by atoms with E-state index in [1.807, 2.05) is 6.07 Å². The van der Waals surface area contributed by atoms with Crippen molar-refractivity contribution < 1.29 is 15.2 Å². The van der Waals surface area contributed by atoms with Gasteiger partial charge in [-0.15, -0.1) is 0 Å². The summed E-state index contributed by atoms with van der Waals surface area (Å²) in [5.74, 6) is -0.644. The number of carbonyl (C=O) groups excluding carboxylic acids is 1. The summed E-state index contributed by atoms with van der Waals surface area (Å²) in [6, 6.07) is 5.72. The highest BCUT2D eigenvalue weighted by Gasteiger charge is 2.35. The van der Waals surface area contributed by atoms with Crippen LogP contribution < -0.4 is 15.7 Å². The maximum absolute atomic E-state index is 10.8. The Bertz CT molecular complexity index is 445. The third kappa shape index (κ3) is 1.38. The molecule has 1 saturated heterocycles. The van der Waals surface area contributed by atoms with Crippen LogP contribution in [0.1, 0.15) is 28.3 Å². The van der Waals surface area contributed by atoms with Gasteiger partial charge in [0.25, 0.3) is 0 Å². The Kier molecular flexibility index (Phi) is 2.11. The van der Waals surface area contributed by atoms with Crippen molar-refractivity contribution in [2.45, 2.75) is 18.4 Å². The number of aromatic carboxylic acids is 1. The molecule has 1 aromatic carbocycles. The summed E-state index contributed by atoms with van der Waals surface area (Å²) in [7, 11) is 0. The Morgan fingerprint density at radius 1 is 1.50 bits per heavy atom. The lowest BCUT2D eigenvalue weighted by Crippen LogP contribution is -2.88. The summed E-state index contributed by atoms with van der Waals surface area (Å²) in [6.07, 6.45) is 1.14. The van der Waals surface area contributed by atoms with Crippen LogP contribution in [0.15, 0.2) is 18.2 Å². The number of carboxylic acids is 1. The zero-order valence-corrected chi connectivity index (χ0v) is 8.90. The average molecular weight is 218 g/mol. The van der Waals surface area contributed by atoms with Crippen LogP contribution in [0.5, 0.6) is 0 Å². The summed E-state index contributed by atoms with van der Waals surface area (Å²) in [6.45, 7) is 2.19. The molecule has 0 unspecified atom stereocenters. The number of nitrogens with two attached hydrogens (primary N) is 1. The third-order valence-electron chi connectivity index (χ3n) is 3.62. The Hall–Kier alpha value is -1.55. The Balaban J connectivity index is 2.00. The second-order valence-corrected chi connectivity index (χ2v) is 4.55. The molecule has 2 aliphatic rings. The number of carbonyl (C=O) groups is 1. The smallest absolute Gasteiger partial charge is 0.0845 e. The molecule has 1 aromatic rings. The van der Waals surface area contributed by atoms with Gasteiger partial charge in [0.15, 0.2) is 0 Å². The normalized spacial score (nSPS) is 26.8. The predicted octanol–water partition coefficient (Wildman–Crippen LogP) is -1.11. The average Bonchev–Trinajstić information content (AvgIpc) is 2.66. The largest absolute Gasteiger partial charge is 0.545 e. The summed E-state index contributed by atoms with van der Waals surface area (Å²) in [5, 5.41) is 16.6. The molecule has 0 bridgehead atoms. The minimum atomic E-state index is -1.09. The molecule has 1 fully saturated rings. The van der Waals surface area contributed by atoms with Crippen LogP contribution in [0, 0.1) is 0 Å². The number of carboxylic acid groups (broad SMARTS) is 1. The van der Waals surface area contributed by atoms with Crippen molar-refractivity contribution in [1.29, 1.82) is 0 Å². The predicted molar refractivity (Wildman–Crippen MR) is 57.2 cm³/mol. The summed E-state index contributed by atoms with van der Waals surface area (Å²) in [5.41, 5.74) is 2.52. The first kappa shape index (κ1) is 9.66. The topological polar surface area (TPSA) is 68.8 Å². The molecule has 2 aliphatic heterocycles. The summed E-state index contributed by atoms with van der Waals surface area (Å²) >= 11 is 0. The maximum Gasteiger partial charge on any atom is 0.0845 e. The number of fused-ring (bicyclic) bond motifs is 3. The number of quaternary nitrogens is 1. The number of rotatable bonds is 1. The first-order chi connectivity index (χ1) is 7.75. The number of anilines is 1. The first-order valence-electron chi connectivity index (χ1n) is 5.69. The molecular formula is C12H14N2O2. The Morgan fingerprint density at radius 2 is 2.38 bits per heavy atom. The highest BCUT2D eigenvalue weighted by molar-refractivity contribution is 5.87. The lowest BCUT2D eigenvalue weighted by atomic mass is 9.90. The van der Waals surface area contributed by atoms with E-state index in [0.717, 1.165) is 30.8 Å². The summed E-state index contributed by atoms with van der Waals surface area (Å²) in [4.78, 5) is 10.8. The highest BCUT2D eigenvalue weighted by atomic mass is 16.4. The molecule has 3 N–H and O–H groups in total. The summed E-state index contributed by atoms with van der Waals surface area (Å²) < 4.78 is 0. The van der Waals surface area contributed by atoms with Crippen molar-refractivity contribution in [3.8, 4) is 0 Å². The number of piperidine rings is 1. The van der Waals surface area contributed by atoms with E-state index in [0.29, 0.717) is 12.0 Å². The first-order valence-corrected chi connectivity index (χ1v) is 5.69. The van der Waals surface area contributed by atoms with Crippen molar-refractivity contribution in [2.24, 2.45) is 0 Å². The van der Waals surface area contributed by atoms with Crippen LogP contribution in [-0.4, -0.2) is 25.1 Å². The van der Waals surface area contributed by atoms with Crippen molar-refractivity contribution in [1.82, 2.24) is 0 Å². The maximum atomic E-state index is 10.8. The number of nitrogens with one attached hydrogen (secondary N) is 1. The zero-order valence-electron chi connectivity index (χ0n) is 8.90. The quantitative estimate of drug-likeness (QED) is 0.628. The molecule has 0 radical (unpaired) electrons. The third-order valence-corrected chi connectivity index (χ3v) is 3.62. The van der Waals surface area contributed by atoms with E-state index in [9.17, 15) is 9.90 Å². The number of benzene rings is 1. The zero-order chi connectivity index (χ0) is 11.1. The molecule has 16 heavy (non-hydrogen) atoms. The Morgan fingerprint density at radius 3 is 3.19 bits per heavy atom. The second-order valence-electron chi connectivity index (χ2n) is 4.55. The van der Waals surface area contributed by atoms with Crippen molar-refractivity contribution in [3.05, 3.63) is 29.3 Å². The molecule has 0 saturated carbocycles. The molecule has 2 atom stereocenters. The lowest BCUT2D eigenvalue weighted by molar-refractivity contribution is -0.664. The van der Waals surface area contributed by atoms with Gasteiger partial charge in [0.2, 0.25) is 0 Å². The highest BCUT2D eigenvalue weighted by Crippen LogP contribution is 2.37. The lowest BCUT2D eigenvalue weighted by Gasteiger charge is -2.23.